The predicted molar refractivity (Wildman–Crippen MR) is 86.3 cm³/mol. The van der Waals surface area contributed by atoms with Crippen molar-refractivity contribution in [3.05, 3.63) is 47.5 Å². The molecule has 0 unspecified atom stereocenters. The number of alkyl halides is 1. The van der Waals surface area contributed by atoms with Crippen molar-refractivity contribution < 1.29 is 9.53 Å². The molecule has 20 heavy (non-hydrogen) atoms. The highest BCUT2D eigenvalue weighted by Gasteiger charge is 2.08. The van der Waals surface area contributed by atoms with Gasteiger partial charge in [-0.1, -0.05) is 54.0 Å². The second kappa shape index (κ2) is 6.89. The average molecular weight is 335 g/mol. The van der Waals surface area contributed by atoms with Crippen LogP contribution in [-0.4, -0.2) is 12.6 Å². The summed E-state index contributed by atoms with van der Waals surface area (Å²) >= 11 is 3.45. The maximum Gasteiger partial charge on any atom is 0.338 e. The van der Waals surface area contributed by atoms with Gasteiger partial charge in [-0.25, -0.2) is 4.79 Å². The molecule has 2 aromatic carbocycles. The largest absolute Gasteiger partial charge is 0.462 e. The second-order valence-electron chi connectivity index (χ2n) is 5.35. The summed E-state index contributed by atoms with van der Waals surface area (Å²) in [7, 11) is 0. The first-order valence-electron chi connectivity index (χ1n) is 6.86. The van der Waals surface area contributed by atoms with Crippen LogP contribution < -0.4 is 0 Å². The number of hydrogen-bond acceptors (Lipinski definition) is 2. The van der Waals surface area contributed by atoms with Crippen LogP contribution in [0.1, 0.15) is 36.2 Å². The molecule has 0 aromatic heterocycles. The van der Waals surface area contributed by atoms with E-state index < -0.39 is 0 Å². The molecule has 0 aliphatic carbocycles. The molecule has 0 N–H and O–H groups in total. The van der Waals surface area contributed by atoms with Crippen LogP contribution in [-0.2, 0) is 10.1 Å². The van der Waals surface area contributed by atoms with Gasteiger partial charge in [-0.05, 0) is 40.8 Å². The van der Waals surface area contributed by atoms with Crippen LogP contribution >= 0.6 is 15.9 Å². The van der Waals surface area contributed by atoms with E-state index in [2.05, 4.69) is 41.9 Å². The zero-order valence-corrected chi connectivity index (χ0v) is 13.4. The number of ether oxygens (including phenoxy) is 1. The summed E-state index contributed by atoms with van der Waals surface area (Å²) in [4.78, 5) is 12.0. The molecule has 0 saturated carbocycles. The van der Waals surface area contributed by atoms with Crippen molar-refractivity contribution in [3.8, 4) is 0 Å². The molecule has 0 heterocycles. The van der Waals surface area contributed by atoms with Crippen molar-refractivity contribution in [3.63, 3.8) is 0 Å². The van der Waals surface area contributed by atoms with Gasteiger partial charge in [0, 0.05) is 5.33 Å². The van der Waals surface area contributed by atoms with Gasteiger partial charge in [0.15, 0.2) is 0 Å². The minimum atomic E-state index is -0.239. The van der Waals surface area contributed by atoms with E-state index in [0.29, 0.717) is 18.1 Å². The maximum absolute atomic E-state index is 12.0. The van der Waals surface area contributed by atoms with Gasteiger partial charge in [0.25, 0.3) is 0 Å². The third-order valence-electron chi connectivity index (χ3n) is 3.22. The third kappa shape index (κ3) is 3.83. The van der Waals surface area contributed by atoms with Crippen molar-refractivity contribution in [1.29, 1.82) is 0 Å². The molecule has 0 saturated heterocycles. The SMILES string of the molecule is CC(C)CCOC(=O)c1ccc2cc(CBr)ccc2c1. The summed E-state index contributed by atoms with van der Waals surface area (Å²) in [5, 5.41) is 3.04. The molecule has 0 aliphatic rings. The lowest BCUT2D eigenvalue weighted by molar-refractivity contribution is 0.0488. The lowest BCUT2D eigenvalue weighted by Crippen LogP contribution is -2.08. The molecule has 2 rings (SSSR count). The van der Waals surface area contributed by atoms with E-state index in [4.69, 9.17) is 4.74 Å². The quantitative estimate of drug-likeness (QED) is 0.572. The first-order chi connectivity index (χ1) is 9.60. The fourth-order valence-electron chi connectivity index (χ4n) is 1.98. The summed E-state index contributed by atoms with van der Waals surface area (Å²) < 4.78 is 5.29. The molecule has 0 radical (unpaired) electrons. The van der Waals surface area contributed by atoms with Crippen LogP contribution in [0.3, 0.4) is 0 Å². The van der Waals surface area contributed by atoms with Crippen molar-refractivity contribution in [2.24, 2.45) is 5.92 Å². The number of fused-ring (bicyclic) bond motifs is 1. The molecule has 0 spiro atoms. The molecule has 3 heteroatoms. The maximum atomic E-state index is 12.0. The number of hydrogen-bond donors (Lipinski definition) is 0. The Balaban J connectivity index is 2.13. The number of halogens is 1. The number of rotatable bonds is 5. The first-order valence-corrected chi connectivity index (χ1v) is 7.98. The normalized spacial score (nSPS) is 11.0. The summed E-state index contributed by atoms with van der Waals surface area (Å²) in [5.74, 6) is 0.305. The molecular formula is C17H19BrO2. The average Bonchev–Trinajstić information content (AvgIpc) is 2.45. The minimum Gasteiger partial charge on any atom is -0.462 e. The Labute approximate surface area is 128 Å². The highest BCUT2D eigenvalue weighted by molar-refractivity contribution is 9.08. The van der Waals surface area contributed by atoms with Gasteiger partial charge in [0.2, 0.25) is 0 Å². The lowest BCUT2D eigenvalue weighted by atomic mass is 10.0. The predicted octanol–water partition coefficient (Wildman–Crippen LogP) is 4.94. The molecule has 2 nitrogen and oxygen atoms in total. The van der Waals surface area contributed by atoms with E-state index in [9.17, 15) is 4.79 Å². The zero-order valence-electron chi connectivity index (χ0n) is 11.9. The summed E-state index contributed by atoms with van der Waals surface area (Å²) in [6.07, 6.45) is 0.897. The highest BCUT2D eigenvalue weighted by Crippen LogP contribution is 2.20. The number of carbonyl (C=O) groups is 1. The Morgan fingerprint density at radius 2 is 1.85 bits per heavy atom. The lowest BCUT2D eigenvalue weighted by Gasteiger charge is -2.08. The summed E-state index contributed by atoms with van der Waals surface area (Å²) in [5.41, 5.74) is 1.85. The number of carbonyl (C=O) groups excluding carboxylic acids is 1. The van der Waals surface area contributed by atoms with Gasteiger partial charge >= 0.3 is 5.97 Å². The zero-order chi connectivity index (χ0) is 14.5. The molecular weight excluding hydrogens is 316 g/mol. The Morgan fingerprint density at radius 1 is 1.15 bits per heavy atom. The first kappa shape index (κ1) is 15.0. The van der Waals surface area contributed by atoms with Crippen LogP contribution in [0.5, 0.6) is 0 Å². The Kier molecular flexibility index (Phi) is 5.18. The van der Waals surface area contributed by atoms with E-state index in [1.54, 1.807) is 0 Å². The van der Waals surface area contributed by atoms with Gasteiger partial charge in [-0.2, -0.15) is 0 Å². The van der Waals surface area contributed by atoms with Crippen molar-refractivity contribution in [2.45, 2.75) is 25.6 Å². The standard InChI is InChI=1S/C17H19BrO2/c1-12(2)7-8-20-17(19)16-6-5-14-9-13(11-18)3-4-15(14)10-16/h3-6,9-10,12H,7-8,11H2,1-2H3. The van der Waals surface area contributed by atoms with Crippen LogP contribution in [0.4, 0.5) is 0 Å². The van der Waals surface area contributed by atoms with Crippen molar-refractivity contribution in [2.75, 3.05) is 6.61 Å². The number of esters is 1. The van der Waals surface area contributed by atoms with Gasteiger partial charge in [-0.3, -0.25) is 0 Å². The van der Waals surface area contributed by atoms with Gasteiger partial charge < -0.3 is 4.74 Å². The van der Waals surface area contributed by atoms with E-state index in [0.717, 1.165) is 22.5 Å². The fraction of sp³-hybridized carbons (Fsp3) is 0.353. The molecule has 106 valence electrons. The monoisotopic (exact) mass is 334 g/mol. The van der Waals surface area contributed by atoms with Gasteiger partial charge in [0.1, 0.15) is 0 Å². The number of benzene rings is 2. The highest BCUT2D eigenvalue weighted by atomic mass is 79.9. The fourth-order valence-corrected chi connectivity index (χ4v) is 2.32. The van der Waals surface area contributed by atoms with Crippen LogP contribution in [0, 0.1) is 5.92 Å². The van der Waals surface area contributed by atoms with Crippen molar-refractivity contribution >= 4 is 32.7 Å². The molecule has 0 amide bonds. The molecule has 2 aromatic rings. The smallest absolute Gasteiger partial charge is 0.338 e. The second-order valence-corrected chi connectivity index (χ2v) is 5.91. The van der Waals surface area contributed by atoms with Crippen molar-refractivity contribution in [1.82, 2.24) is 0 Å². The Morgan fingerprint density at radius 3 is 2.55 bits per heavy atom. The Bertz CT molecular complexity index is 605. The van der Waals surface area contributed by atoms with E-state index in [-0.39, 0.29) is 5.97 Å². The van der Waals surface area contributed by atoms with Gasteiger partial charge in [0.05, 0.1) is 12.2 Å². The van der Waals surface area contributed by atoms with Gasteiger partial charge in [-0.15, -0.1) is 0 Å². The molecule has 0 bridgehead atoms. The van der Waals surface area contributed by atoms with E-state index in [1.807, 2.05) is 24.3 Å². The molecule has 0 aliphatic heterocycles. The summed E-state index contributed by atoms with van der Waals surface area (Å²) in [6, 6.07) is 11.9. The molecule has 0 atom stereocenters. The van der Waals surface area contributed by atoms with Crippen LogP contribution in [0.15, 0.2) is 36.4 Å². The van der Waals surface area contributed by atoms with Crippen LogP contribution in [0.25, 0.3) is 10.8 Å². The summed E-state index contributed by atoms with van der Waals surface area (Å²) in [6.45, 7) is 4.72. The Hall–Kier alpha value is -1.35. The van der Waals surface area contributed by atoms with E-state index >= 15 is 0 Å². The van der Waals surface area contributed by atoms with E-state index in [1.165, 1.54) is 5.56 Å². The third-order valence-corrected chi connectivity index (χ3v) is 3.87. The van der Waals surface area contributed by atoms with Crippen LogP contribution in [0.2, 0.25) is 0 Å². The molecule has 0 fully saturated rings. The topological polar surface area (TPSA) is 26.3 Å². The minimum absolute atomic E-state index is 0.239.